The zero-order chi connectivity index (χ0) is 21.5. The second kappa shape index (κ2) is 10.5. The molecule has 2 aromatic heterocycles. The zero-order valence-corrected chi connectivity index (χ0v) is 18.8. The predicted molar refractivity (Wildman–Crippen MR) is 131 cm³/mol. The Balaban J connectivity index is 1.47. The molecule has 0 amide bonds. The number of hydrogen-bond donors (Lipinski definition) is 0. The van der Waals surface area contributed by atoms with Gasteiger partial charge in [0.25, 0.3) is 5.56 Å². The Kier molecular flexibility index (Phi) is 7.22. The summed E-state index contributed by atoms with van der Waals surface area (Å²) in [6.07, 6.45) is 3.69. The van der Waals surface area contributed by atoms with Gasteiger partial charge in [-0.25, -0.2) is 4.98 Å². The molecule has 0 spiro atoms. The number of ether oxygens (including phenoxy) is 1. The lowest BCUT2D eigenvalue weighted by atomic mass is 10.1. The number of thiophene rings is 1. The van der Waals surface area contributed by atoms with E-state index in [1.54, 1.807) is 22.4 Å². The number of para-hydroxylation sites is 1. The molecule has 0 aliphatic carbocycles. The van der Waals surface area contributed by atoms with Gasteiger partial charge in [-0.2, -0.15) is 0 Å². The molecule has 0 atom stereocenters. The minimum atomic E-state index is -0.0000796. The quantitative estimate of drug-likeness (QED) is 0.124. The third-order valence-electron chi connectivity index (χ3n) is 4.84. The molecule has 4 aromatic rings. The molecule has 31 heavy (non-hydrogen) atoms. The smallest absolute Gasteiger partial charge is 0.263 e. The number of hydrogen-bond acceptors (Lipinski definition) is 5. The summed E-state index contributed by atoms with van der Waals surface area (Å²) >= 11 is 3.15. The molecule has 4 rings (SSSR count). The molecule has 6 heteroatoms. The maximum absolute atomic E-state index is 13.3. The van der Waals surface area contributed by atoms with Crippen LogP contribution in [0.3, 0.4) is 0 Å². The molecule has 0 radical (unpaired) electrons. The third-order valence-corrected chi connectivity index (χ3v) is 6.77. The van der Waals surface area contributed by atoms with Gasteiger partial charge >= 0.3 is 0 Å². The van der Waals surface area contributed by atoms with Crippen LogP contribution in [0.25, 0.3) is 21.3 Å². The van der Waals surface area contributed by atoms with Crippen LogP contribution in [-0.2, 0) is 6.54 Å². The van der Waals surface area contributed by atoms with Crippen molar-refractivity contribution >= 4 is 33.3 Å². The molecule has 0 saturated heterocycles. The van der Waals surface area contributed by atoms with Gasteiger partial charge in [-0.05, 0) is 30.5 Å². The van der Waals surface area contributed by atoms with Crippen molar-refractivity contribution in [2.75, 3.05) is 12.4 Å². The molecule has 0 aliphatic heterocycles. The van der Waals surface area contributed by atoms with Gasteiger partial charge in [0.1, 0.15) is 10.6 Å². The van der Waals surface area contributed by atoms with Crippen LogP contribution in [-0.4, -0.2) is 21.9 Å². The van der Waals surface area contributed by atoms with E-state index in [9.17, 15) is 4.79 Å². The molecule has 0 bridgehead atoms. The van der Waals surface area contributed by atoms with E-state index in [1.165, 1.54) is 11.3 Å². The second-order valence-electron chi connectivity index (χ2n) is 7.01. The third kappa shape index (κ3) is 5.09. The van der Waals surface area contributed by atoms with Crippen molar-refractivity contribution in [2.45, 2.75) is 24.5 Å². The van der Waals surface area contributed by atoms with Gasteiger partial charge in [0.15, 0.2) is 5.16 Å². The van der Waals surface area contributed by atoms with Crippen LogP contribution in [0.1, 0.15) is 12.8 Å². The molecule has 0 unspecified atom stereocenters. The Hall–Kier alpha value is -2.83. The van der Waals surface area contributed by atoms with Crippen LogP contribution in [0.15, 0.2) is 88.6 Å². The summed E-state index contributed by atoms with van der Waals surface area (Å²) in [5.74, 6) is 1.78. The van der Waals surface area contributed by atoms with Crippen LogP contribution in [0.5, 0.6) is 5.75 Å². The Morgan fingerprint density at radius 3 is 2.55 bits per heavy atom. The van der Waals surface area contributed by atoms with Crippen molar-refractivity contribution < 1.29 is 4.74 Å². The van der Waals surface area contributed by atoms with E-state index in [4.69, 9.17) is 9.72 Å². The fourth-order valence-electron chi connectivity index (χ4n) is 3.31. The summed E-state index contributed by atoms with van der Waals surface area (Å²) in [5.41, 5.74) is 1.99. The maximum Gasteiger partial charge on any atom is 0.263 e. The van der Waals surface area contributed by atoms with Crippen LogP contribution >= 0.6 is 23.1 Å². The van der Waals surface area contributed by atoms with Crippen LogP contribution in [0.2, 0.25) is 0 Å². The second-order valence-corrected chi connectivity index (χ2v) is 8.93. The summed E-state index contributed by atoms with van der Waals surface area (Å²) in [5, 5.41) is 3.48. The van der Waals surface area contributed by atoms with E-state index in [2.05, 4.69) is 6.58 Å². The van der Waals surface area contributed by atoms with Crippen molar-refractivity contribution in [3.8, 4) is 16.9 Å². The molecular weight excluding hydrogens is 424 g/mol. The minimum absolute atomic E-state index is 0.0000796. The number of rotatable bonds is 10. The van der Waals surface area contributed by atoms with E-state index >= 15 is 0 Å². The first kappa shape index (κ1) is 21.4. The number of fused-ring (bicyclic) bond motifs is 1. The first-order valence-electron chi connectivity index (χ1n) is 10.3. The van der Waals surface area contributed by atoms with E-state index in [-0.39, 0.29) is 5.56 Å². The molecule has 0 aliphatic rings. The summed E-state index contributed by atoms with van der Waals surface area (Å²) in [4.78, 5) is 19.0. The van der Waals surface area contributed by atoms with Gasteiger partial charge in [0.05, 0.1) is 12.0 Å². The number of nitrogens with zero attached hydrogens (tertiary/aromatic N) is 2. The van der Waals surface area contributed by atoms with E-state index < -0.39 is 0 Å². The molecule has 4 nitrogen and oxygen atoms in total. The van der Waals surface area contributed by atoms with Crippen molar-refractivity contribution in [1.82, 2.24) is 9.55 Å². The van der Waals surface area contributed by atoms with Crippen LogP contribution in [0.4, 0.5) is 0 Å². The fraction of sp³-hybridized carbons (Fsp3) is 0.200. The summed E-state index contributed by atoms with van der Waals surface area (Å²) in [6, 6.07) is 19.9. The Labute approximate surface area is 190 Å². The largest absolute Gasteiger partial charge is 0.494 e. The number of aromatic nitrogens is 2. The summed E-state index contributed by atoms with van der Waals surface area (Å²) < 4.78 is 7.49. The number of thioether (sulfide) groups is 1. The lowest BCUT2D eigenvalue weighted by Crippen LogP contribution is -2.22. The van der Waals surface area contributed by atoms with Crippen molar-refractivity contribution in [2.24, 2.45) is 0 Å². The van der Waals surface area contributed by atoms with E-state index in [0.717, 1.165) is 45.5 Å². The molecule has 0 N–H and O–H groups in total. The van der Waals surface area contributed by atoms with Gasteiger partial charge in [-0.1, -0.05) is 66.4 Å². The number of unbranched alkanes of at least 4 members (excludes halogenated alkanes) is 1. The highest BCUT2D eigenvalue weighted by atomic mass is 32.2. The van der Waals surface area contributed by atoms with Gasteiger partial charge < -0.3 is 4.74 Å². The Bertz CT molecular complexity index is 1200. The maximum atomic E-state index is 13.3. The average molecular weight is 449 g/mol. The van der Waals surface area contributed by atoms with Gasteiger partial charge in [0, 0.05) is 23.2 Å². The lowest BCUT2D eigenvalue weighted by Gasteiger charge is -2.11. The molecule has 2 aromatic carbocycles. The molecule has 158 valence electrons. The fourth-order valence-corrected chi connectivity index (χ4v) is 5.31. The van der Waals surface area contributed by atoms with Crippen molar-refractivity contribution in [3.63, 3.8) is 0 Å². The zero-order valence-electron chi connectivity index (χ0n) is 17.2. The molecule has 2 heterocycles. The van der Waals surface area contributed by atoms with Crippen LogP contribution < -0.4 is 10.3 Å². The Morgan fingerprint density at radius 2 is 1.81 bits per heavy atom. The molecule has 0 saturated carbocycles. The van der Waals surface area contributed by atoms with Gasteiger partial charge in [0.2, 0.25) is 0 Å². The number of allylic oxidation sites excluding steroid dienone is 1. The first-order valence-corrected chi connectivity index (χ1v) is 12.1. The van der Waals surface area contributed by atoms with E-state index in [1.807, 2.05) is 66.0 Å². The van der Waals surface area contributed by atoms with Gasteiger partial charge in [-0.3, -0.25) is 9.36 Å². The molecule has 0 fully saturated rings. The lowest BCUT2D eigenvalue weighted by molar-refractivity contribution is 0.310. The van der Waals surface area contributed by atoms with Crippen molar-refractivity contribution in [1.29, 1.82) is 0 Å². The highest BCUT2D eigenvalue weighted by molar-refractivity contribution is 7.99. The van der Waals surface area contributed by atoms with E-state index in [0.29, 0.717) is 18.5 Å². The topological polar surface area (TPSA) is 44.1 Å². The molecular formula is C25H24N2O2S2. The average Bonchev–Trinajstić information content (AvgIpc) is 3.24. The SMILES string of the molecule is C=CCn1c(SCCCCOc2ccccc2)nc2scc(-c3ccccc3)c2c1=O. The monoisotopic (exact) mass is 448 g/mol. The minimum Gasteiger partial charge on any atom is -0.494 e. The Morgan fingerprint density at radius 1 is 1.06 bits per heavy atom. The summed E-state index contributed by atoms with van der Waals surface area (Å²) in [7, 11) is 0. The highest BCUT2D eigenvalue weighted by Crippen LogP contribution is 2.32. The van der Waals surface area contributed by atoms with Crippen molar-refractivity contribution in [3.05, 3.63) is 89.1 Å². The van der Waals surface area contributed by atoms with Gasteiger partial charge in [-0.15, -0.1) is 17.9 Å². The predicted octanol–water partition coefficient (Wildman–Crippen LogP) is 6.26. The standard InChI is InChI=1S/C25H24N2O2S2/c1-2-15-27-24(28)22-21(19-11-5-3-6-12-19)18-31-23(22)26-25(27)30-17-10-9-16-29-20-13-7-4-8-14-20/h2-8,11-14,18H,1,9-10,15-17H2. The normalized spacial score (nSPS) is 11.0. The first-order chi connectivity index (χ1) is 15.3. The van der Waals surface area contributed by atoms with Crippen LogP contribution in [0, 0.1) is 0 Å². The number of benzene rings is 2. The highest BCUT2D eigenvalue weighted by Gasteiger charge is 2.16. The summed E-state index contributed by atoms with van der Waals surface area (Å²) in [6.45, 7) is 4.96.